The van der Waals surface area contributed by atoms with Crippen LogP contribution >= 0.6 is 35.0 Å². The van der Waals surface area contributed by atoms with E-state index in [0.717, 1.165) is 16.8 Å². The normalized spacial score (nSPS) is 21.6. The van der Waals surface area contributed by atoms with E-state index in [1.54, 1.807) is 17.8 Å². The molecule has 2 N–H and O–H groups in total. The van der Waals surface area contributed by atoms with Gasteiger partial charge in [-0.05, 0) is 31.5 Å². The fraction of sp³-hybridized carbons (Fsp3) is 0.286. The predicted octanol–water partition coefficient (Wildman–Crippen LogP) is 4.19. The number of amides is 1. The largest absolute Gasteiger partial charge is 0.308 e. The van der Waals surface area contributed by atoms with Crippen molar-refractivity contribution in [1.29, 1.82) is 0 Å². The van der Waals surface area contributed by atoms with Crippen molar-refractivity contribution in [2.45, 2.75) is 24.3 Å². The number of halogens is 2. The highest BCUT2D eigenvalue weighted by molar-refractivity contribution is 8.01. The third-order valence-electron chi connectivity index (χ3n) is 3.45. The molecule has 3 rings (SSSR count). The fourth-order valence-electron chi connectivity index (χ4n) is 2.35. The number of carbonyl (C=O) groups is 1. The molecule has 1 aliphatic heterocycles. The van der Waals surface area contributed by atoms with E-state index in [1.807, 2.05) is 26.0 Å². The molecule has 0 fully saturated rings. The summed E-state index contributed by atoms with van der Waals surface area (Å²) >= 11 is 13.9. The standard InChI is InChI=1S/C14H13Cl2N3OS/c1-6-11-12(9-4-3-8(15)5-10(9)16)21-7(2)14(20)17-13(11)19-18-6/h3-5,7,12H,1-2H3,(H2,17,18,19,20)/t7-,12-/m1/s1. The molecular weight excluding hydrogens is 329 g/mol. The van der Waals surface area contributed by atoms with Crippen molar-refractivity contribution in [1.82, 2.24) is 10.2 Å². The first kappa shape index (κ1) is 14.8. The summed E-state index contributed by atoms with van der Waals surface area (Å²) in [5.41, 5.74) is 2.81. The minimum absolute atomic E-state index is 0.0552. The Morgan fingerprint density at radius 2 is 2.10 bits per heavy atom. The van der Waals surface area contributed by atoms with E-state index in [0.29, 0.717) is 15.9 Å². The van der Waals surface area contributed by atoms with E-state index in [9.17, 15) is 4.79 Å². The van der Waals surface area contributed by atoms with E-state index in [-0.39, 0.29) is 16.4 Å². The van der Waals surface area contributed by atoms with Crippen LogP contribution in [-0.2, 0) is 4.79 Å². The number of thioether (sulfide) groups is 1. The lowest BCUT2D eigenvalue weighted by Gasteiger charge is -2.19. The van der Waals surface area contributed by atoms with Gasteiger partial charge in [0.1, 0.15) is 0 Å². The van der Waals surface area contributed by atoms with Crippen molar-refractivity contribution < 1.29 is 4.79 Å². The Bertz CT molecular complexity index is 716. The number of H-pyrrole nitrogens is 1. The molecule has 0 saturated carbocycles. The molecule has 1 aromatic heterocycles. The van der Waals surface area contributed by atoms with E-state index >= 15 is 0 Å². The first-order chi connectivity index (χ1) is 9.97. The maximum absolute atomic E-state index is 12.1. The topological polar surface area (TPSA) is 57.8 Å². The van der Waals surface area contributed by atoms with Crippen molar-refractivity contribution in [3.8, 4) is 0 Å². The average molecular weight is 342 g/mol. The smallest absolute Gasteiger partial charge is 0.238 e. The van der Waals surface area contributed by atoms with Crippen molar-refractivity contribution in [3.63, 3.8) is 0 Å². The van der Waals surface area contributed by atoms with Crippen molar-refractivity contribution >= 4 is 46.7 Å². The number of hydrogen-bond donors (Lipinski definition) is 2. The van der Waals surface area contributed by atoms with Gasteiger partial charge in [-0.1, -0.05) is 29.3 Å². The fourth-order valence-corrected chi connectivity index (χ4v) is 4.30. The Kier molecular flexibility index (Phi) is 3.90. The zero-order chi connectivity index (χ0) is 15.1. The summed E-state index contributed by atoms with van der Waals surface area (Å²) in [6, 6.07) is 5.43. The van der Waals surface area contributed by atoms with E-state index < -0.39 is 0 Å². The first-order valence-corrected chi connectivity index (χ1v) is 8.13. The minimum atomic E-state index is -0.199. The molecule has 0 bridgehead atoms. The van der Waals surface area contributed by atoms with Gasteiger partial charge in [-0.2, -0.15) is 5.10 Å². The molecule has 1 amide bonds. The zero-order valence-electron chi connectivity index (χ0n) is 11.4. The van der Waals surface area contributed by atoms with Crippen molar-refractivity contribution in [3.05, 3.63) is 45.1 Å². The number of carbonyl (C=O) groups excluding carboxylic acids is 1. The van der Waals surface area contributed by atoms with Gasteiger partial charge in [0.05, 0.1) is 10.5 Å². The number of rotatable bonds is 1. The van der Waals surface area contributed by atoms with Crippen LogP contribution in [0.2, 0.25) is 10.0 Å². The molecule has 2 aromatic rings. The number of aromatic amines is 1. The van der Waals surface area contributed by atoms with Gasteiger partial charge >= 0.3 is 0 Å². The summed E-state index contributed by atoms with van der Waals surface area (Å²) in [6.45, 7) is 3.81. The predicted molar refractivity (Wildman–Crippen MR) is 87.3 cm³/mol. The Morgan fingerprint density at radius 1 is 1.33 bits per heavy atom. The summed E-state index contributed by atoms with van der Waals surface area (Å²) in [6.07, 6.45) is 0. The van der Waals surface area contributed by atoms with E-state index in [4.69, 9.17) is 23.2 Å². The summed E-state index contributed by atoms with van der Waals surface area (Å²) in [5, 5.41) is 10.9. The third-order valence-corrected chi connectivity index (χ3v) is 5.40. The Labute approximate surface area is 136 Å². The maximum Gasteiger partial charge on any atom is 0.238 e. The molecule has 1 aromatic carbocycles. The van der Waals surface area contributed by atoms with Crippen LogP contribution in [0.25, 0.3) is 0 Å². The van der Waals surface area contributed by atoms with Crippen LogP contribution in [-0.4, -0.2) is 21.4 Å². The lowest BCUT2D eigenvalue weighted by molar-refractivity contribution is -0.115. The highest BCUT2D eigenvalue weighted by Crippen LogP contribution is 2.46. The number of aryl methyl sites for hydroxylation is 1. The van der Waals surface area contributed by atoms with Gasteiger partial charge in [0.2, 0.25) is 5.91 Å². The minimum Gasteiger partial charge on any atom is -0.308 e. The number of benzene rings is 1. The van der Waals surface area contributed by atoms with Crippen molar-refractivity contribution in [2.24, 2.45) is 0 Å². The molecule has 2 heterocycles. The van der Waals surface area contributed by atoms with Gasteiger partial charge < -0.3 is 5.32 Å². The van der Waals surface area contributed by atoms with Gasteiger partial charge in [-0.15, -0.1) is 11.8 Å². The second-order valence-corrected chi connectivity index (χ2v) is 7.22. The van der Waals surface area contributed by atoms with Gasteiger partial charge in [-0.3, -0.25) is 9.89 Å². The van der Waals surface area contributed by atoms with Crippen LogP contribution in [0.3, 0.4) is 0 Å². The molecule has 0 radical (unpaired) electrons. The monoisotopic (exact) mass is 341 g/mol. The first-order valence-electron chi connectivity index (χ1n) is 6.43. The lowest BCUT2D eigenvalue weighted by atomic mass is 10.0. The molecule has 7 heteroatoms. The van der Waals surface area contributed by atoms with Crippen LogP contribution < -0.4 is 5.32 Å². The molecular formula is C14H13Cl2N3OS. The highest BCUT2D eigenvalue weighted by Gasteiger charge is 2.33. The molecule has 2 atom stereocenters. The number of aromatic nitrogens is 2. The van der Waals surface area contributed by atoms with Crippen LogP contribution in [0.5, 0.6) is 0 Å². The number of nitrogens with one attached hydrogen (secondary N) is 2. The van der Waals surface area contributed by atoms with E-state index in [2.05, 4.69) is 15.5 Å². The number of nitrogens with zero attached hydrogens (tertiary/aromatic N) is 1. The maximum atomic E-state index is 12.1. The van der Waals surface area contributed by atoms with Crippen LogP contribution in [0.15, 0.2) is 18.2 Å². The van der Waals surface area contributed by atoms with Gasteiger partial charge in [-0.25, -0.2) is 0 Å². The third kappa shape index (κ3) is 2.65. The Hall–Kier alpha value is -1.17. The second kappa shape index (κ2) is 5.55. The zero-order valence-corrected chi connectivity index (χ0v) is 13.7. The Morgan fingerprint density at radius 3 is 2.81 bits per heavy atom. The highest BCUT2D eigenvalue weighted by atomic mass is 35.5. The summed E-state index contributed by atoms with van der Waals surface area (Å²) < 4.78 is 0. The average Bonchev–Trinajstić information content (AvgIpc) is 2.71. The number of hydrogen-bond acceptors (Lipinski definition) is 3. The molecule has 0 unspecified atom stereocenters. The second-order valence-electron chi connectivity index (χ2n) is 4.92. The molecule has 110 valence electrons. The lowest BCUT2D eigenvalue weighted by Crippen LogP contribution is -2.21. The van der Waals surface area contributed by atoms with E-state index in [1.165, 1.54) is 0 Å². The molecule has 0 spiro atoms. The molecule has 0 saturated heterocycles. The Balaban J connectivity index is 2.15. The SMILES string of the molecule is Cc1[nH]nc2c1[C@@H](c1ccc(Cl)cc1Cl)S[C@H](C)C(=O)N2. The molecule has 4 nitrogen and oxygen atoms in total. The summed E-state index contributed by atoms with van der Waals surface area (Å²) in [7, 11) is 0. The molecule has 21 heavy (non-hydrogen) atoms. The van der Waals surface area contributed by atoms with Crippen molar-refractivity contribution in [2.75, 3.05) is 5.32 Å². The number of anilines is 1. The quantitative estimate of drug-likeness (QED) is 0.817. The summed E-state index contributed by atoms with van der Waals surface area (Å²) in [5.74, 6) is 0.519. The molecule has 1 aliphatic rings. The molecule has 0 aliphatic carbocycles. The van der Waals surface area contributed by atoms with Gasteiger partial charge in [0, 0.05) is 21.3 Å². The van der Waals surface area contributed by atoms with Gasteiger partial charge in [0.25, 0.3) is 0 Å². The summed E-state index contributed by atoms with van der Waals surface area (Å²) in [4.78, 5) is 12.1. The van der Waals surface area contributed by atoms with Gasteiger partial charge in [0.15, 0.2) is 5.82 Å². The van der Waals surface area contributed by atoms with Crippen LogP contribution in [0.4, 0.5) is 5.82 Å². The number of fused-ring (bicyclic) bond motifs is 1. The van der Waals surface area contributed by atoms with Crippen LogP contribution in [0, 0.1) is 6.92 Å². The van der Waals surface area contributed by atoms with Crippen LogP contribution in [0.1, 0.15) is 29.0 Å².